The van der Waals surface area contributed by atoms with Gasteiger partial charge in [-0.15, -0.1) is 0 Å². The van der Waals surface area contributed by atoms with Gasteiger partial charge in [0.1, 0.15) is 0 Å². The molecule has 0 fully saturated rings. The van der Waals surface area contributed by atoms with Crippen molar-refractivity contribution in [1.82, 2.24) is 9.36 Å². The van der Waals surface area contributed by atoms with Gasteiger partial charge in [0.2, 0.25) is 0 Å². The first-order valence-electron chi connectivity index (χ1n) is 4.51. The van der Waals surface area contributed by atoms with Gasteiger partial charge in [-0.2, -0.15) is 0 Å². The van der Waals surface area contributed by atoms with E-state index in [0.717, 1.165) is 11.4 Å². The highest BCUT2D eigenvalue weighted by Crippen LogP contribution is 2.04. The Labute approximate surface area is 82.2 Å². The number of aryl methyl sites for hydroxylation is 1. The van der Waals surface area contributed by atoms with E-state index in [1.54, 1.807) is 10.7 Å². The lowest BCUT2D eigenvalue weighted by Crippen LogP contribution is -2.18. The minimum absolute atomic E-state index is 0.0104. The van der Waals surface area contributed by atoms with Crippen LogP contribution in [0.4, 0.5) is 0 Å². The summed E-state index contributed by atoms with van der Waals surface area (Å²) >= 11 is 0. The van der Waals surface area contributed by atoms with Gasteiger partial charge in [0.05, 0.1) is 5.69 Å². The first kappa shape index (κ1) is 8.81. The fourth-order valence-corrected chi connectivity index (χ4v) is 1.51. The van der Waals surface area contributed by atoms with Gasteiger partial charge in [-0.05, 0) is 19.1 Å². The summed E-state index contributed by atoms with van der Waals surface area (Å²) in [6.07, 6.45) is 0. The Morgan fingerprint density at radius 1 is 1.14 bits per heavy atom. The second-order valence-electron chi connectivity index (χ2n) is 3.29. The van der Waals surface area contributed by atoms with Gasteiger partial charge in [-0.1, -0.05) is 18.2 Å². The Bertz CT molecular complexity index is 494. The molecule has 0 amide bonds. The maximum Gasteiger partial charge on any atom is 0.271 e. The zero-order valence-electron chi connectivity index (χ0n) is 8.27. The molecule has 1 aromatic carbocycles. The van der Waals surface area contributed by atoms with E-state index >= 15 is 0 Å². The highest BCUT2D eigenvalue weighted by molar-refractivity contribution is 5.30. The predicted molar refractivity (Wildman–Crippen MR) is 55.7 cm³/mol. The second kappa shape index (κ2) is 3.18. The van der Waals surface area contributed by atoms with Crippen LogP contribution in [0.15, 0.2) is 41.2 Å². The zero-order chi connectivity index (χ0) is 10.1. The Morgan fingerprint density at radius 2 is 1.79 bits per heavy atom. The molecule has 2 aromatic rings. The van der Waals surface area contributed by atoms with Gasteiger partial charge in [0.15, 0.2) is 0 Å². The fourth-order valence-electron chi connectivity index (χ4n) is 1.51. The Balaban J connectivity index is 2.69. The van der Waals surface area contributed by atoms with Crippen molar-refractivity contribution in [2.45, 2.75) is 6.92 Å². The van der Waals surface area contributed by atoms with Gasteiger partial charge < -0.3 is 0 Å². The van der Waals surface area contributed by atoms with Crippen molar-refractivity contribution < 1.29 is 0 Å². The third kappa shape index (κ3) is 1.27. The lowest BCUT2D eigenvalue weighted by Gasteiger charge is -2.07. The van der Waals surface area contributed by atoms with Gasteiger partial charge in [0.25, 0.3) is 5.56 Å². The monoisotopic (exact) mass is 187 g/mol. The summed E-state index contributed by atoms with van der Waals surface area (Å²) < 4.78 is 3.49. The summed E-state index contributed by atoms with van der Waals surface area (Å²) in [4.78, 5) is 11.6. The van der Waals surface area contributed by atoms with Gasteiger partial charge in [-0.25, -0.2) is 4.68 Å². The molecule has 14 heavy (non-hydrogen) atoms. The standard InChI is InChI=1S/C11H12N2O/c1-9-8-11(14)13(12(9)2)10-6-4-3-5-7-10/h3-8H,1-2H3/i2-1. The molecular formula is C11H12N2O. The Hall–Kier alpha value is -1.77. The van der Waals surface area contributed by atoms with Crippen LogP contribution in [-0.2, 0) is 7.05 Å². The smallest absolute Gasteiger partial charge is 0.271 e. The number of hydrogen-bond donors (Lipinski definition) is 0. The maximum atomic E-state index is 11.6. The molecule has 0 aliphatic heterocycles. The van der Waals surface area contributed by atoms with Crippen LogP contribution in [-0.4, -0.2) is 9.36 Å². The summed E-state index contributed by atoms with van der Waals surface area (Å²) in [5.74, 6) is 0. The molecule has 1 aromatic heterocycles. The molecule has 2 rings (SSSR count). The summed E-state index contributed by atoms with van der Waals surface area (Å²) in [7, 11) is 1.88. The molecule has 3 nitrogen and oxygen atoms in total. The predicted octanol–water partition coefficient (Wildman–Crippen LogP) is 1.48. The van der Waals surface area contributed by atoms with Crippen molar-refractivity contribution in [3.63, 3.8) is 0 Å². The number of hydrogen-bond acceptors (Lipinski definition) is 1. The highest BCUT2D eigenvalue weighted by atomic mass is 16.1. The molecule has 1 heterocycles. The molecule has 0 aliphatic carbocycles. The molecule has 0 spiro atoms. The van der Waals surface area contributed by atoms with E-state index in [4.69, 9.17) is 0 Å². The summed E-state index contributed by atoms with van der Waals surface area (Å²) in [5, 5.41) is 0. The number of benzene rings is 1. The Morgan fingerprint density at radius 3 is 2.29 bits per heavy atom. The van der Waals surface area contributed by atoms with Crippen LogP contribution in [0.2, 0.25) is 0 Å². The normalized spacial score (nSPS) is 10.4. The minimum Gasteiger partial charge on any atom is -0.285 e. The fraction of sp³-hybridized carbons (Fsp3) is 0.182. The molecule has 0 saturated heterocycles. The topological polar surface area (TPSA) is 26.9 Å². The molecule has 72 valence electrons. The van der Waals surface area contributed by atoms with E-state index in [1.165, 1.54) is 0 Å². The van der Waals surface area contributed by atoms with E-state index in [1.807, 2.05) is 49.0 Å². The van der Waals surface area contributed by atoms with Crippen LogP contribution in [0.25, 0.3) is 5.69 Å². The van der Waals surface area contributed by atoms with Crippen molar-refractivity contribution >= 4 is 0 Å². The number of nitrogens with zero attached hydrogens (tertiary/aromatic N) is 2. The summed E-state index contributed by atoms with van der Waals surface area (Å²) in [5.41, 5.74) is 1.86. The van der Waals surface area contributed by atoms with Crippen LogP contribution >= 0.6 is 0 Å². The lowest BCUT2D eigenvalue weighted by atomic mass is 10.3. The van der Waals surface area contributed by atoms with Crippen LogP contribution < -0.4 is 5.56 Å². The molecule has 0 N–H and O–H groups in total. The van der Waals surface area contributed by atoms with E-state index in [2.05, 4.69) is 0 Å². The van der Waals surface area contributed by atoms with Gasteiger partial charge in [-0.3, -0.25) is 9.48 Å². The molecule has 0 unspecified atom stereocenters. The van der Waals surface area contributed by atoms with Crippen molar-refractivity contribution in [1.29, 1.82) is 0 Å². The van der Waals surface area contributed by atoms with E-state index in [0.29, 0.717) is 0 Å². The third-order valence-corrected chi connectivity index (χ3v) is 2.35. The average molecular weight is 187 g/mol. The van der Waals surface area contributed by atoms with E-state index in [9.17, 15) is 4.79 Å². The Kier molecular flexibility index (Phi) is 2.00. The van der Waals surface area contributed by atoms with E-state index in [-0.39, 0.29) is 5.56 Å². The minimum atomic E-state index is 0.0104. The van der Waals surface area contributed by atoms with Crippen molar-refractivity contribution in [3.05, 3.63) is 52.4 Å². The molecule has 3 heteroatoms. The van der Waals surface area contributed by atoms with Crippen LogP contribution in [0.5, 0.6) is 0 Å². The first-order valence-corrected chi connectivity index (χ1v) is 4.51. The molecule has 0 saturated carbocycles. The summed E-state index contributed by atoms with van der Waals surface area (Å²) in [6.45, 7) is 1.92. The number of rotatable bonds is 1. The first-order chi connectivity index (χ1) is 6.70. The highest BCUT2D eigenvalue weighted by Gasteiger charge is 2.05. The second-order valence-corrected chi connectivity index (χ2v) is 3.29. The SMILES string of the molecule is Cc1cc(=O)n(-c2ccccc2)n1[11CH3]. The van der Waals surface area contributed by atoms with Crippen molar-refractivity contribution in [2.24, 2.45) is 7.05 Å². The van der Waals surface area contributed by atoms with E-state index < -0.39 is 0 Å². The lowest BCUT2D eigenvalue weighted by molar-refractivity contribution is 0.630. The van der Waals surface area contributed by atoms with Crippen molar-refractivity contribution in [3.8, 4) is 5.69 Å². The molecule has 0 atom stereocenters. The average Bonchev–Trinajstić information content (AvgIpc) is 2.43. The number of para-hydroxylation sites is 1. The number of aromatic nitrogens is 2. The quantitative estimate of drug-likeness (QED) is 0.664. The molecule has 0 bridgehead atoms. The molecule has 0 radical (unpaired) electrons. The largest absolute Gasteiger partial charge is 0.285 e. The van der Waals surface area contributed by atoms with Crippen LogP contribution in [0.3, 0.4) is 0 Å². The maximum absolute atomic E-state index is 11.6. The van der Waals surface area contributed by atoms with Gasteiger partial charge >= 0.3 is 0 Å². The summed E-state index contributed by atoms with van der Waals surface area (Å²) in [6, 6.07) is 11.2. The zero-order valence-corrected chi connectivity index (χ0v) is 8.27. The van der Waals surface area contributed by atoms with Crippen LogP contribution in [0, 0.1) is 6.92 Å². The van der Waals surface area contributed by atoms with Crippen molar-refractivity contribution in [2.75, 3.05) is 0 Å². The van der Waals surface area contributed by atoms with Crippen LogP contribution in [0.1, 0.15) is 5.69 Å². The van der Waals surface area contributed by atoms with Gasteiger partial charge in [0, 0.05) is 18.8 Å². The molecular weight excluding hydrogens is 175 g/mol. The third-order valence-electron chi connectivity index (χ3n) is 2.35. The molecule has 0 aliphatic rings.